The second-order valence-corrected chi connectivity index (χ2v) is 6.52. The molecule has 5 heteroatoms. The zero-order valence-electron chi connectivity index (χ0n) is 12.0. The van der Waals surface area contributed by atoms with Gasteiger partial charge in [0.15, 0.2) is 0 Å². The van der Waals surface area contributed by atoms with E-state index in [0.717, 1.165) is 5.56 Å². The predicted molar refractivity (Wildman–Crippen MR) is 82.5 cm³/mol. The van der Waals surface area contributed by atoms with Crippen LogP contribution in [0, 0.1) is 6.92 Å². The SMILES string of the molecule is Cc1ccc(COCCNS(=O)(=O)c2ccccc2)cc1. The van der Waals surface area contributed by atoms with Gasteiger partial charge >= 0.3 is 0 Å². The lowest BCUT2D eigenvalue weighted by molar-refractivity contribution is 0.126. The fourth-order valence-electron chi connectivity index (χ4n) is 1.81. The maximum absolute atomic E-state index is 11.9. The molecular formula is C16H19NO3S. The van der Waals surface area contributed by atoms with E-state index in [0.29, 0.717) is 13.2 Å². The van der Waals surface area contributed by atoms with Crippen LogP contribution in [-0.2, 0) is 21.4 Å². The van der Waals surface area contributed by atoms with E-state index in [4.69, 9.17) is 4.74 Å². The van der Waals surface area contributed by atoms with Crippen molar-refractivity contribution >= 4 is 10.0 Å². The van der Waals surface area contributed by atoms with Gasteiger partial charge in [0, 0.05) is 6.54 Å². The van der Waals surface area contributed by atoms with Crippen LogP contribution in [0.2, 0.25) is 0 Å². The molecule has 0 aliphatic carbocycles. The Labute approximate surface area is 125 Å². The van der Waals surface area contributed by atoms with Gasteiger partial charge in [0.2, 0.25) is 10.0 Å². The summed E-state index contributed by atoms with van der Waals surface area (Å²) in [4.78, 5) is 0.267. The lowest BCUT2D eigenvalue weighted by atomic mass is 10.2. The van der Waals surface area contributed by atoms with Crippen LogP contribution in [0.3, 0.4) is 0 Å². The van der Waals surface area contributed by atoms with E-state index in [9.17, 15) is 8.42 Å². The van der Waals surface area contributed by atoms with Crippen molar-refractivity contribution in [2.45, 2.75) is 18.4 Å². The lowest BCUT2D eigenvalue weighted by Crippen LogP contribution is -2.27. The number of benzene rings is 2. The largest absolute Gasteiger partial charge is 0.375 e. The number of ether oxygens (including phenoxy) is 1. The number of nitrogens with one attached hydrogen (secondary N) is 1. The van der Waals surface area contributed by atoms with Gasteiger partial charge in [0.05, 0.1) is 18.1 Å². The topological polar surface area (TPSA) is 55.4 Å². The molecule has 1 N–H and O–H groups in total. The van der Waals surface area contributed by atoms with Gasteiger partial charge in [0.25, 0.3) is 0 Å². The minimum atomic E-state index is -3.44. The summed E-state index contributed by atoms with van der Waals surface area (Å²) in [6, 6.07) is 16.4. The van der Waals surface area contributed by atoms with Crippen LogP contribution in [0.4, 0.5) is 0 Å². The van der Waals surface area contributed by atoms with Crippen LogP contribution < -0.4 is 4.72 Å². The zero-order valence-corrected chi connectivity index (χ0v) is 12.8. The van der Waals surface area contributed by atoms with Gasteiger partial charge in [-0.05, 0) is 24.6 Å². The van der Waals surface area contributed by atoms with Gasteiger partial charge in [-0.1, -0.05) is 48.0 Å². The van der Waals surface area contributed by atoms with E-state index >= 15 is 0 Å². The molecule has 0 atom stereocenters. The molecule has 0 spiro atoms. The number of hydrogen-bond donors (Lipinski definition) is 1. The first-order valence-corrected chi connectivity index (χ1v) is 8.24. The molecular weight excluding hydrogens is 286 g/mol. The summed E-state index contributed by atoms with van der Waals surface area (Å²) < 4.78 is 31.9. The molecule has 21 heavy (non-hydrogen) atoms. The van der Waals surface area contributed by atoms with Crippen molar-refractivity contribution in [3.63, 3.8) is 0 Å². The summed E-state index contributed by atoms with van der Waals surface area (Å²) in [5, 5.41) is 0. The highest BCUT2D eigenvalue weighted by molar-refractivity contribution is 7.89. The summed E-state index contributed by atoms with van der Waals surface area (Å²) in [6.07, 6.45) is 0. The highest BCUT2D eigenvalue weighted by Gasteiger charge is 2.11. The van der Waals surface area contributed by atoms with Crippen LogP contribution in [0.25, 0.3) is 0 Å². The second-order valence-electron chi connectivity index (χ2n) is 4.75. The molecule has 0 aliphatic rings. The van der Waals surface area contributed by atoms with Crippen molar-refractivity contribution < 1.29 is 13.2 Å². The third kappa shape index (κ3) is 4.97. The van der Waals surface area contributed by atoms with Crippen LogP contribution in [0.5, 0.6) is 0 Å². The fraction of sp³-hybridized carbons (Fsp3) is 0.250. The first-order valence-electron chi connectivity index (χ1n) is 6.76. The van der Waals surface area contributed by atoms with Crippen molar-refractivity contribution in [1.29, 1.82) is 0 Å². The van der Waals surface area contributed by atoms with Crippen LogP contribution in [0.1, 0.15) is 11.1 Å². The van der Waals surface area contributed by atoms with Crippen LogP contribution >= 0.6 is 0 Å². The van der Waals surface area contributed by atoms with Crippen LogP contribution in [-0.4, -0.2) is 21.6 Å². The van der Waals surface area contributed by atoms with Gasteiger partial charge in [-0.2, -0.15) is 0 Å². The minimum Gasteiger partial charge on any atom is -0.375 e. The van der Waals surface area contributed by atoms with E-state index in [-0.39, 0.29) is 11.4 Å². The fourth-order valence-corrected chi connectivity index (χ4v) is 2.84. The summed E-state index contributed by atoms with van der Waals surface area (Å²) >= 11 is 0. The molecule has 0 fully saturated rings. The Hall–Kier alpha value is -1.69. The van der Waals surface area contributed by atoms with Crippen molar-refractivity contribution in [2.24, 2.45) is 0 Å². The smallest absolute Gasteiger partial charge is 0.240 e. The molecule has 0 amide bonds. The highest BCUT2D eigenvalue weighted by Crippen LogP contribution is 2.07. The third-order valence-electron chi connectivity index (χ3n) is 2.98. The molecule has 2 aromatic rings. The van der Waals surface area contributed by atoms with E-state index in [1.807, 2.05) is 31.2 Å². The molecule has 0 saturated carbocycles. The van der Waals surface area contributed by atoms with Crippen molar-refractivity contribution in [3.8, 4) is 0 Å². The predicted octanol–water partition coefficient (Wildman–Crippen LogP) is 2.49. The Morgan fingerprint density at radius 2 is 1.67 bits per heavy atom. The summed E-state index contributed by atoms with van der Waals surface area (Å²) in [5.41, 5.74) is 2.28. The third-order valence-corrected chi connectivity index (χ3v) is 4.46. The molecule has 0 bridgehead atoms. The van der Waals surface area contributed by atoms with Crippen LogP contribution in [0.15, 0.2) is 59.5 Å². The van der Waals surface area contributed by atoms with Gasteiger partial charge in [-0.3, -0.25) is 0 Å². The van der Waals surface area contributed by atoms with Gasteiger partial charge in [-0.25, -0.2) is 13.1 Å². The molecule has 0 unspecified atom stereocenters. The number of rotatable bonds is 7. The molecule has 2 rings (SSSR count). The number of hydrogen-bond acceptors (Lipinski definition) is 3. The summed E-state index contributed by atoms with van der Waals surface area (Å²) in [7, 11) is -3.44. The molecule has 112 valence electrons. The highest BCUT2D eigenvalue weighted by atomic mass is 32.2. The lowest BCUT2D eigenvalue weighted by Gasteiger charge is -2.07. The average molecular weight is 305 g/mol. The molecule has 0 radical (unpaired) electrons. The monoisotopic (exact) mass is 305 g/mol. The van der Waals surface area contributed by atoms with E-state index in [2.05, 4.69) is 4.72 Å². The molecule has 0 aromatic heterocycles. The number of sulfonamides is 1. The Bertz CT molecular complexity index is 652. The number of aryl methyl sites for hydroxylation is 1. The Morgan fingerprint density at radius 1 is 1.00 bits per heavy atom. The van der Waals surface area contributed by atoms with Crippen molar-refractivity contribution in [1.82, 2.24) is 4.72 Å². The van der Waals surface area contributed by atoms with Crippen molar-refractivity contribution in [3.05, 3.63) is 65.7 Å². The van der Waals surface area contributed by atoms with Crippen molar-refractivity contribution in [2.75, 3.05) is 13.2 Å². The summed E-state index contributed by atoms with van der Waals surface area (Å²) in [5.74, 6) is 0. The molecule has 0 heterocycles. The normalized spacial score (nSPS) is 11.5. The molecule has 2 aromatic carbocycles. The first kappa shape index (κ1) is 15.7. The zero-order chi connectivity index (χ0) is 15.1. The first-order chi connectivity index (χ1) is 10.1. The van der Waals surface area contributed by atoms with Gasteiger partial charge in [0.1, 0.15) is 0 Å². The Kier molecular flexibility index (Phi) is 5.50. The summed E-state index contributed by atoms with van der Waals surface area (Å²) in [6.45, 7) is 3.10. The average Bonchev–Trinajstić information content (AvgIpc) is 2.50. The van der Waals surface area contributed by atoms with Gasteiger partial charge < -0.3 is 4.74 Å². The maximum Gasteiger partial charge on any atom is 0.240 e. The quantitative estimate of drug-likeness (QED) is 0.800. The Balaban J connectivity index is 1.73. The minimum absolute atomic E-state index is 0.253. The second kappa shape index (κ2) is 7.36. The van der Waals surface area contributed by atoms with E-state index in [1.54, 1.807) is 30.3 Å². The molecule has 0 saturated heterocycles. The maximum atomic E-state index is 11.9. The standard InChI is InChI=1S/C16H19NO3S/c1-14-7-9-15(10-8-14)13-20-12-11-17-21(18,19)16-5-3-2-4-6-16/h2-10,17H,11-13H2,1H3. The van der Waals surface area contributed by atoms with E-state index in [1.165, 1.54) is 5.56 Å². The van der Waals surface area contributed by atoms with E-state index < -0.39 is 10.0 Å². The molecule has 0 aliphatic heterocycles. The van der Waals surface area contributed by atoms with Gasteiger partial charge in [-0.15, -0.1) is 0 Å². The Morgan fingerprint density at radius 3 is 2.33 bits per heavy atom. The molecule has 4 nitrogen and oxygen atoms in total.